The fourth-order valence-electron chi connectivity index (χ4n) is 1.50. The smallest absolute Gasteiger partial charge is 0.234 e. The van der Waals surface area contributed by atoms with E-state index >= 15 is 0 Å². The van der Waals surface area contributed by atoms with Crippen molar-refractivity contribution >= 4 is 5.91 Å². The van der Waals surface area contributed by atoms with Gasteiger partial charge in [-0.3, -0.25) is 4.79 Å². The van der Waals surface area contributed by atoms with Crippen LogP contribution in [-0.2, 0) is 11.3 Å². The number of aromatic hydroxyl groups is 1. The fraction of sp³-hybridized carbons (Fsp3) is 0.462. The van der Waals surface area contributed by atoms with Crippen molar-refractivity contribution in [2.75, 3.05) is 6.54 Å². The van der Waals surface area contributed by atoms with Crippen LogP contribution >= 0.6 is 0 Å². The van der Waals surface area contributed by atoms with Gasteiger partial charge in [-0.15, -0.1) is 0 Å². The molecule has 4 nitrogen and oxygen atoms in total. The Labute approximate surface area is 110 Å². The van der Waals surface area contributed by atoms with Crippen molar-refractivity contribution < 1.29 is 18.7 Å². The Morgan fingerprint density at radius 2 is 1.79 bits per heavy atom. The number of nitrogens with one attached hydrogen (secondary N) is 2. The Hall–Kier alpha value is -1.69. The summed E-state index contributed by atoms with van der Waals surface area (Å²) >= 11 is 0. The van der Waals surface area contributed by atoms with E-state index in [1.54, 1.807) is 0 Å². The van der Waals surface area contributed by atoms with Crippen LogP contribution in [0.2, 0.25) is 0 Å². The second-order valence-corrected chi connectivity index (χ2v) is 5.31. The number of hydrogen-bond donors (Lipinski definition) is 3. The molecule has 1 amide bonds. The molecule has 0 radical (unpaired) electrons. The Morgan fingerprint density at radius 3 is 2.26 bits per heavy atom. The van der Waals surface area contributed by atoms with Gasteiger partial charge in [0.25, 0.3) is 0 Å². The van der Waals surface area contributed by atoms with Crippen LogP contribution in [0.4, 0.5) is 8.78 Å². The van der Waals surface area contributed by atoms with E-state index in [1.165, 1.54) is 0 Å². The van der Waals surface area contributed by atoms with Gasteiger partial charge in [-0.1, -0.05) is 0 Å². The molecule has 0 atom stereocenters. The van der Waals surface area contributed by atoms with Crippen LogP contribution in [0.15, 0.2) is 12.1 Å². The van der Waals surface area contributed by atoms with Gasteiger partial charge in [0.2, 0.25) is 5.91 Å². The quantitative estimate of drug-likeness (QED) is 0.781. The number of benzene rings is 1. The van der Waals surface area contributed by atoms with Gasteiger partial charge in [-0.25, -0.2) is 8.78 Å². The van der Waals surface area contributed by atoms with E-state index in [9.17, 15) is 13.6 Å². The molecule has 0 unspecified atom stereocenters. The monoisotopic (exact) mass is 272 g/mol. The second kappa shape index (κ2) is 5.97. The van der Waals surface area contributed by atoms with Crippen molar-refractivity contribution in [1.29, 1.82) is 0 Å². The molecular formula is C13H18F2N2O2. The first-order valence-corrected chi connectivity index (χ1v) is 5.87. The molecule has 1 aromatic rings. The van der Waals surface area contributed by atoms with E-state index in [4.69, 9.17) is 5.11 Å². The largest absolute Gasteiger partial charge is 0.503 e. The molecule has 3 N–H and O–H groups in total. The fourth-order valence-corrected chi connectivity index (χ4v) is 1.50. The average molecular weight is 272 g/mol. The summed E-state index contributed by atoms with van der Waals surface area (Å²) in [7, 11) is 0. The van der Waals surface area contributed by atoms with Gasteiger partial charge < -0.3 is 15.7 Å². The highest BCUT2D eigenvalue weighted by atomic mass is 19.1. The Morgan fingerprint density at radius 1 is 1.26 bits per heavy atom. The molecule has 0 spiro atoms. The topological polar surface area (TPSA) is 61.4 Å². The predicted octanol–water partition coefficient (Wildman–Crippen LogP) is 1.67. The normalized spacial score (nSPS) is 11.4. The summed E-state index contributed by atoms with van der Waals surface area (Å²) in [6.45, 7) is 5.74. The van der Waals surface area contributed by atoms with Crippen molar-refractivity contribution in [2.45, 2.75) is 32.9 Å². The minimum absolute atomic E-state index is 0.0430. The molecular weight excluding hydrogens is 254 g/mol. The van der Waals surface area contributed by atoms with Gasteiger partial charge in [-0.2, -0.15) is 0 Å². The SMILES string of the molecule is CC(C)(C)NC(=O)CNCc1cc(F)c(O)c(F)c1. The van der Waals surface area contributed by atoms with Gasteiger partial charge in [-0.05, 0) is 38.5 Å². The van der Waals surface area contributed by atoms with Gasteiger partial charge in [0.15, 0.2) is 17.4 Å². The first-order chi connectivity index (χ1) is 8.69. The molecule has 6 heteroatoms. The number of phenolic OH excluding ortho intramolecular Hbond substituents is 1. The summed E-state index contributed by atoms with van der Waals surface area (Å²) in [5, 5.41) is 14.5. The van der Waals surface area contributed by atoms with Crippen LogP contribution in [0.3, 0.4) is 0 Å². The maximum Gasteiger partial charge on any atom is 0.234 e. The van der Waals surface area contributed by atoms with E-state index in [0.717, 1.165) is 12.1 Å². The summed E-state index contributed by atoms with van der Waals surface area (Å²) in [5.74, 6) is -3.23. The molecule has 0 saturated carbocycles. The summed E-state index contributed by atoms with van der Waals surface area (Å²) in [6, 6.07) is 2.04. The zero-order chi connectivity index (χ0) is 14.6. The van der Waals surface area contributed by atoms with E-state index < -0.39 is 17.4 Å². The van der Waals surface area contributed by atoms with E-state index in [2.05, 4.69) is 10.6 Å². The molecule has 0 aliphatic rings. The van der Waals surface area contributed by atoms with Crippen LogP contribution in [0, 0.1) is 11.6 Å². The third-order valence-corrected chi connectivity index (χ3v) is 2.21. The molecule has 0 aliphatic heterocycles. The lowest BCUT2D eigenvalue weighted by molar-refractivity contribution is -0.121. The predicted molar refractivity (Wildman–Crippen MR) is 67.6 cm³/mol. The lowest BCUT2D eigenvalue weighted by Gasteiger charge is -2.20. The number of phenols is 1. The molecule has 0 heterocycles. The number of hydrogen-bond acceptors (Lipinski definition) is 3. The van der Waals surface area contributed by atoms with Crippen LogP contribution < -0.4 is 10.6 Å². The number of amides is 1. The van der Waals surface area contributed by atoms with Crippen molar-refractivity contribution in [3.05, 3.63) is 29.3 Å². The van der Waals surface area contributed by atoms with Gasteiger partial charge in [0, 0.05) is 12.1 Å². The minimum Gasteiger partial charge on any atom is -0.503 e. The zero-order valence-electron chi connectivity index (χ0n) is 11.2. The number of rotatable bonds is 4. The van der Waals surface area contributed by atoms with Crippen LogP contribution in [0.5, 0.6) is 5.75 Å². The second-order valence-electron chi connectivity index (χ2n) is 5.31. The highest BCUT2D eigenvalue weighted by Crippen LogP contribution is 2.21. The molecule has 19 heavy (non-hydrogen) atoms. The average Bonchev–Trinajstić information content (AvgIpc) is 2.23. The van der Waals surface area contributed by atoms with Gasteiger partial charge in [0.1, 0.15) is 0 Å². The number of carbonyl (C=O) groups is 1. The molecule has 1 aromatic carbocycles. The zero-order valence-corrected chi connectivity index (χ0v) is 11.2. The highest BCUT2D eigenvalue weighted by molar-refractivity contribution is 5.78. The first-order valence-electron chi connectivity index (χ1n) is 5.87. The van der Waals surface area contributed by atoms with Crippen LogP contribution in [0.1, 0.15) is 26.3 Å². The highest BCUT2D eigenvalue weighted by Gasteiger charge is 2.13. The molecule has 0 aromatic heterocycles. The Bertz CT molecular complexity index is 447. The lowest BCUT2D eigenvalue weighted by Crippen LogP contribution is -2.44. The Balaban J connectivity index is 2.48. The van der Waals surface area contributed by atoms with E-state index in [1.807, 2.05) is 20.8 Å². The molecule has 1 rings (SSSR count). The third kappa shape index (κ3) is 5.21. The van der Waals surface area contributed by atoms with Crippen LogP contribution in [-0.4, -0.2) is 23.1 Å². The molecule has 106 valence electrons. The van der Waals surface area contributed by atoms with Crippen molar-refractivity contribution in [3.63, 3.8) is 0 Å². The van der Waals surface area contributed by atoms with Gasteiger partial charge >= 0.3 is 0 Å². The molecule has 0 fully saturated rings. The molecule has 0 bridgehead atoms. The number of carbonyl (C=O) groups excluding carboxylic acids is 1. The maximum absolute atomic E-state index is 13.1. The standard InChI is InChI=1S/C13H18F2N2O2/c1-13(2,3)17-11(18)7-16-6-8-4-9(14)12(19)10(15)5-8/h4-5,16,19H,6-7H2,1-3H3,(H,17,18). The minimum atomic E-state index is -1.02. The van der Waals surface area contributed by atoms with Crippen molar-refractivity contribution in [1.82, 2.24) is 10.6 Å². The van der Waals surface area contributed by atoms with Crippen molar-refractivity contribution in [3.8, 4) is 5.75 Å². The Kier molecular flexibility index (Phi) is 4.83. The summed E-state index contributed by atoms with van der Waals surface area (Å²) in [5.41, 5.74) is -0.00782. The summed E-state index contributed by atoms with van der Waals surface area (Å²) in [6.07, 6.45) is 0. The third-order valence-electron chi connectivity index (χ3n) is 2.21. The number of halogens is 2. The molecule has 0 saturated heterocycles. The van der Waals surface area contributed by atoms with Gasteiger partial charge in [0.05, 0.1) is 6.54 Å². The maximum atomic E-state index is 13.1. The van der Waals surface area contributed by atoms with E-state index in [-0.39, 0.29) is 24.5 Å². The summed E-state index contributed by atoms with van der Waals surface area (Å²) < 4.78 is 26.1. The first kappa shape index (κ1) is 15.4. The molecule has 0 aliphatic carbocycles. The van der Waals surface area contributed by atoms with Crippen molar-refractivity contribution in [2.24, 2.45) is 0 Å². The summed E-state index contributed by atoms with van der Waals surface area (Å²) in [4.78, 5) is 11.5. The lowest BCUT2D eigenvalue weighted by atomic mass is 10.1. The van der Waals surface area contributed by atoms with E-state index in [0.29, 0.717) is 5.56 Å². The van der Waals surface area contributed by atoms with Crippen LogP contribution in [0.25, 0.3) is 0 Å².